The molecule has 5 nitrogen and oxygen atoms in total. The number of hydrogen-bond donors (Lipinski definition) is 2. The standard InChI is InChI=1S/C16H31N3O2.2ClH/c1-2-7-17-8-9-18-15(20)14-16(5-3-4-6-16)19-10-12-21-13-11-19;;/h17H,2-14H2,1H3,(H,18,20);2*1H. The molecule has 2 fully saturated rings. The quantitative estimate of drug-likeness (QED) is 0.642. The molecule has 0 aromatic heterocycles. The van der Waals surface area contributed by atoms with Crippen molar-refractivity contribution in [2.75, 3.05) is 45.9 Å². The molecular formula is C16H33Cl2N3O2. The summed E-state index contributed by atoms with van der Waals surface area (Å²) in [6, 6.07) is 0. The van der Waals surface area contributed by atoms with E-state index in [2.05, 4.69) is 22.5 Å². The van der Waals surface area contributed by atoms with Crippen molar-refractivity contribution in [3.8, 4) is 0 Å². The normalized spacial score (nSPS) is 20.4. The van der Waals surface area contributed by atoms with E-state index in [1.54, 1.807) is 0 Å². The number of halogens is 2. The minimum Gasteiger partial charge on any atom is -0.379 e. The van der Waals surface area contributed by atoms with Gasteiger partial charge in [-0.15, -0.1) is 24.8 Å². The van der Waals surface area contributed by atoms with Crippen molar-refractivity contribution in [1.29, 1.82) is 0 Å². The topological polar surface area (TPSA) is 53.6 Å². The fourth-order valence-electron chi connectivity index (χ4n) is 3.63. The minimum absolute atomic E-state index is 0. The Morgan fingerprint density at radius 2 is 1.74 bits per heavy atom. The molecule has 23 heavy (non-hydrogen) atoms. The van der Waals surface area contributed by atoms with Gasteiger partial charge in [0.25, 0.3) is 0 Å². The van der Waals surface area contributed by atoms with Crippen LogP contribution in [0.4, 0.5) is 0 Å². The van der Waals surface area contributed by atoms with Crippen LogP contribution >= 0.6 is 24.8 Å². The van der Waals surface area contributed by atoms with Crippen LogP contribution in [-0.2, 0) is 9.53 Å². The summed E-state index contributed by atoms with van der Waals surface area (Å²) in [5, 5.41) is 6.39. The van der Waals surface area contributed by atoms with Gasteiger partial charge in [-0.1, -0.05) is 19.8 Å². The molecule has 0 bridgehead atoms. The van der Waals surface area contributed by atoms with Gasteiger partial charge < -0.3 is 15.4 Å². The van der Waals surface area contributed by atoms with Crippen LogP contribution in [0, 0.1) is 0 Å². The molecule has 0 atom stereocenters. The summed E-state index contributed by atoms with van der Waals surface area (Å²) in [5.41, 5.74) is 0.102. The molecule has 1 heterocycles. The van der Waals surface area contributed by atoms with Crippen LogP contribution < -0.4 is 10.6 Å². The molecule has 1 saturated heterocycles. The lowest BCUT2D eigenvalue weighted by atomic mass is 9.90. The summed E-state index contributed by atoms with van der Waals surface area (Å²) in [4.78, 5) is 14.8. The number of carbonyl (C=O) groups excluding carboxylic acids is 1. The van der Waals surface area contributed by atoms with E-state index in [1.165, 1.54) is 12.8 Å². The zero-order chi connectivity index (χ0) is 15.0. The molecule has 0 aromatic carbocycles. The van der Waals surface area contributed by atoms with Crippen molar-refractivity contribution in [2.45, 2.75) is 51.0 Å². The first-order chi connectivity index (χ1) is 10.3. The highest BCUT2D eigenvalue weighted by Crippen LogP contribution is 2.38. The maximum absolute atomic E-state index is 12.3. The van der Waals surface area contributed by atoms with Crippen molar-refractivity contribution in [1.82, 2.24) is 15.5 Å². The Bertz CT molecular complexity index is 320. The highest BCUT2D eigenvalue weighted by Gasteiger charge is 2.41. The van der Waals surface area contributed by atoms with E-state index in [0.717, 1.165) is 65.2 Å². The summed E-state index contributed by atoms with van der Waals surface area (Å²) in [5.74, 6) is 0.210. The molecule has 0 aromatic rings. The first kappa shape index (κ1) is 22.9. The number of morpholine rings is 1. The average molecular weight is 370 g/mol. The summed E-state index contributed by atoms with van der Waals surface area (Å²) < 4.78 is 5.46. The largest absolute Gasteiger partial charge is 0.379 e. The molecule has 0 radical (unpaired) electrons. The lowest BCUT2D eigenvalue weighted by molar-refractivity contribution is -0.125. The highest BCUT2D eigenvalue weighted by molar-refractivity contribution is 5.85. The number of hydrogen-bond acceptors (Lipinski definition) is 4. The molecular weight excluding hydrogens is 337 g/mol. The zero-order valence-corrected chi connectivity index (χ0v) is 15.9. The molecule has 2 N–H and O–H groups in total. The fourth-order valence-corrected chi connectivity index (χ4v) is 3.63. The Labute approximate surface area is 153 Å². The molecule has 0 unspecified atom stereocenters. The first-order valence-electron chi connectivity index (χ1n) is 8.57. The van der Waals surface area contributed by atoms with Crippen LogP contribution in [0.1, 0.15) is 45.4 Å². The molecule has 138 valence electrons. The molecule has 2 rings (SSSR count). The van der Waals surface area contributed by atoms with Gasteiger partial charge in [-0.05, 0) is 25.8 Å². The van der Waals surface area contributed by atoms with Gasteiger partial charge in [0.2, 0.25) is 5.91 Å². The molecule has 1 amide bonds. The third-order valence-corrected chi connectivity index (χ3v) is 4.76. The van der Waals surface area contributed by atoms with Gasteiger partial charge in [0.05, 0.1) is 13.2 Å². The number of amides is 1. The lowest BCUT2D eigenvalue weighted by Gasteiger charge is -2.43. The maximum Gasteiger partial charge on any atom is 0.221 e. The second-order valence-corrected chi connectivity index (χ2v) is 6.31. The Morgan fingerprint density at radius 1 is 1.09 bits per heavy atom. The summed E-state index contributed by atoms with van der Waals surface area (Å²) in [6.45, 7) is 8.35. The van der Waals surface area contributed by atoms with Gasteiger partial charge >= 0.3 is 0 Å². The van der Waals surface area contributed by atoms with Crippen molar-refractivity contribution >= 4 is 30.7 Å². The van der Waals surface area contributed by atoms with E-state index in [-0.39, 0.29) is 36.3 Å². The van der Waals surface area contributed by atoms with E-state index in [1.807, 2.05) is 0 Å². The summed E-state index contributed by atoms with van der Waals surface area (Å²) in [6.07, 6.45) is 6.61. The Kier molecular flexibility index (Phi) is 12.3. The van der Waals surface area contributed by atoms with Crippen LogP contribution in [0.3, 0.4) is 0 Å². The third-order valence-electron chi connectivity index (χ3n) is 4.76. The van der Waals surface area contributed by atoms with Crippen LogP contribution in [0.2, 0.25) is 0 Å². The average Bonchev–Trinajstić information content (AvgIpc) is 2.98. The monoisotopic (exact) mass is 369 g/mol. The second kappa shape index (κ2) is 12.3. The molecule has 0 spiro atoms. The smallest absolute Gasteiger partial charge is 0.221 e. The first-order valence-corrected chi connectivity index (χ1v) is 8.57. The number of ether oxygens (including phenoxy) is 1. The number of rotatable bonds is 8. The zero-order valence-electron chi connectivity index (χ0n) is 14.3. The predicted octanol–water partition coefficient (Wildman–Crippen LogP) is 1.98. The van der Waals surface area contributed by atoms with E-state index in [4.69, 9.17) is 4.74 Å². The molecule has 7 heteroatoms. The SMILES string of the molecule is CCCNCCNC(=O)CC1(N2CCOCC2)CCCC1.Cl.Cl. The molecule has 2 aliphatic rings. The predicted molar refractivity (Wildman–Crippen MR) is 98.9 cm³/mol. The third kappa shape index (κ3) is 7.14. The van der Waals surface area contributed by atoms with Gasteiger partial charge in [-0.2, -0.15) is 0 Å². The molecule has 1 saturated carbocycles. The van der Waals surface area contributed by atoms with Gasteiger partial charge in [-0.3, -0.25) is 9.69 Å². The van der Waals surface area contributed by atoms with E-state index < -0.39 is 0 Å². The van der Waals surface area contributed by atoms with Crippen molar-refractivity contribution in [3.63, 3.8) is 0 Å². The van der Waals surface area contributed by atoms with Crippen molar-refractivity contribution < 1.29 is 9.53 Å². The number of carbonyl (C=O) groups is 1. The number of nitrogens with zero attached hydrogens (tertiary/aromatic N) is 1. The minimum atomic E-state index is 0. The van der Waals surface area contributed by atoms with Crippen molar-refractivity contribution in [2.24, 2.45) is 0 Å². The molecule has 1 aliphatic heterocycles. The molecule has 1 aliphatic carbocycles. The van der Waals surface area contributed by atoms with Crippen molar-refractivity contribution in [3.05, 3.63) is 0 Å². The fraction of sp³-hybridized carbons (Fsp3) is 0.938. The highest BCUT2D eigenvalue weighted by atomic mass is 35.5. The van der Waals surface area contributed by atoms with Crippen LogP contribution in [0.15, 0.2) is 0 Å². The van der Waals surface area contributed by atoms with Gasteiger partial charge in [0.1, 0.15) is 0 Å². The van der Waals surface area contributed by atoms with E-state index in [0.29, 0.717) is 6.42 Å². The van der Waals surface area contributed by atoms with Crippen LogP contribution in [-0.4, -0.2) is 62.3 Å². The summed E-state index contributed by atoms with van der Waals surface area (Å²) in [7, 11) is 0. The number of nitrogens with one attached hydrogen (secondary N) is 2. The maximum atomic E-state index is 12.3. The lowest BCUT2D eigenvalue weighted by Crippen LogP contribution is -2.54. The summed E-state index contributed by atoms with van der Waals surface area (Å²) >= 11 is 0. The Morgan fingerprint density at radius 3 is 2.35 bits per heavy atom. The van der Waals surface area contributed by atoms with Gasteiger partial charge in [-0.25, -0.2) is 0 Å². The van der Waals surface area contributed by atoms with E-state index in [9.17, 15) is 4.79 Å². The van der Waals surface area contributed by atoms with Crippen LogP contribution in [0.25, 0.3) is 0 Å². The van der Waals surface area contributed by atoms with Crippen LogP contribution in [0.5, 0.6) is 0 Å². The van der Waals surface area contributed by atoms with Gasteiger partial charge in [0, 0.05) is 38.1 Å². The Hall–Kier alpha value is -0.0700. The second-order valence-electron chi connectivity index (χ2n) is 6.31. The van der Waals surface area contributed by atoms with Gasteiger partial charge in [0.15, 0.2) is 0 Å². The van der Waals surface area contributed by atoms with E-state index >= 15 is 0 Å². The Balaban J connectivity index is 0.00000242.